The van der Waals surface area contributed by atoms with Gasteiger partial charge in [-0.1, -0.05) is 50.6 Å². The summed E-state index contributed by atoms with van der Waals surface area (Å²) in [5, 5.41) is 9.47. The van der Waals surface area contributed by atoms with Gasteiger partial charge in [-0.05, 0) is 41.3 Å². The maximum absolute atomic E-state index is 13.3. The van der Waals surface area contributed by atoms with E-state index in [9.17, 15) is 14.4 Å². The topological polar surface area (TPSA) is 81.5 Å². The van der Waals surface area contributed by atoms with E-state index in [1.54, 1.807) is 42.5 Å². The highest BCUT2D eigenvalue weighted by Crippen LogP contribution is 2.30. The summed E-state index contributed by atoms with van der Waals surface area (Å²) in [6, 6.07) is 14.5. The third-order valence-electron chi connectivity index (χ3n) is 5.05. The Hall–Kier alpha value is -3.17. The van der Waals surface area contributed by atoms with Crippen molar-refractivity contribution in [3.05, 3.63) is 64.7 Å². The number of halogens is 1. The Kier molecular flexibility index (Phi) is 6.47. The van der Waals surface area contributed by atoms with Crippen LogP contribution in [-0.4, -0.2) is 28.7 Å². The van der Waals surface area contributed by atoms with Crippen molar-refractivity contribution in [2.24, 2.45) is 5.41 Å². The Morgan fingerprint density at radius 3 is 2.39 bits per heavy atom. The van der Waals surface area contributed by atoms with Crippen LogP contribution in [0.25, 0.3) is 0 Å². The van der Waals surface area contributed by atoms with E-state index < -0.39 is 11.9 Å². The minimum absolute atomic E-state index is 0.0980. The molecule has 1 atom stereocenters. The first-order valence-corrected chi connectivity index (χ1v) is 10.4. The van der Waals surface area contributed by atoms with Crippen molar-refractivity contribution in [3.8, 4) is 6.07 Å². The Bertz CT molecular complexity index is 1050. The Balaban J connectivity index is 1.93. The van der Waals surface area contributed by atoms with Gasteiger partial charge in [0.1, 0.15) is 6.04 Å². The SMILES string of the molecule is CC(C)(C)CC(=O)N(Cc1ccccc1Cl)C1CC(=O)N(c2ccc(C#N)cc2)C1=O. The maximum Gasteiger partial charge on any atom is 0.257 e. The monoisotopic (exact) mass is 437 g/mol. The number of rotatable bonds is 5. The lowest BCUT2D eigenvalue weighted by Gasteiger charge is -2.30. The van der Waals surface area contributed by atoms with Crippen LogP contribution in [0.15, 0.2) is 48.5 Å². The Morgan fingerprint density at radius 2 is 1.81 bits per heavy atom. The molecule has 6 nitrogen and oxygen atoms in total. The summed E-state index contributed by atoms with van der Waals surface area (Å²) in [6.07, 6.45) is 0.130. The lowest BCUT2D eigenvalue weighted by Crippen LogP contribution is -2.46. The number of amides is 3. The number of hydrogen-bond donors (Lipinski definition) is 0. The van der Waals surface area contributed by atoms with Gasteiger partial charge in [0.05, 0.1) is 23.7 Å². The summed E-state index contributed by atoms with van der Waals surface area (Å²) < 4.78 is 0. The van der Waals surface area contributed by atoms with Crippen LogP contribution in [-0.2, 0) is 20.9 Å². The Morgan fingerprint density at radius 1 is 1.16 bits per heavy atom. The molecule has 2 aromatic carbocycles. The van der Waals surface area contributed by atoms with Crippen LogP contribution in [0, 0.1) is 16.7 Å². The fourth-order valence-corrected chi connectivity index (χ4v) is 3.75. The third-order valence-corrected chi connectivity index (χ3v) is 5.42. The van der Waals surface area contributed by atoms with Gasteiger partial charge < -0.3 is 4.90 Å². The molecule has 0 saturated carbocycles. The number of imide groups is 1. The van der Waals surface area contributed by atoms with Crippen molar-refractivity contribution in [2.75, 3.05) is 4.90 Å². The number of hydrogen-bond acceptors (Lipinski definition) is 4. The van der Waals surface area contributed by atoms with E-state index in [2.05, 4.69) is 0 Å². The molecular weight excluding hydrogens is 414 g/mol. The molecule has 0 aliphatic carbocycles. The lowest BCUT2D eigenvalue weighted by molar-refractivity contribution is -0.140. The molecule has 3 amide bonds. The first kappa shape index (κ1) is 22.5. The van der Waals surface area contributed by atoms with Crippen molar-refractivity contribution in [3.63, 3.8) is 0 Å². The molecule has 7 heteroatoms. The number of carbonyl (C=O) groups excluding carboxylic acids is 3. The molecule has 160 valence electrons. The van der Waals surface area contributed by atoms with Gasteiger partial charge in [0.2, 0.25) is 11.8 Å². The summed E-state index contributed by atoms with van der Waals surface area (Å²) in [6.45, 7) is 5.98. The minimum atomic E-state index is -0.908. The van der Waals surface area contributed by atoms with Crippen molar-refractivity contribution in [1.82, 2.24) is 4.90 Å². The van der Waals surface area contributed by atoms with Gasteiger partial charge in [0.25, 0.3) is 5.91 Å². The largest absolute Gasteiger partial charge is 0.326 e. The molecule has 0 radical (unpaired) electrons. The molecule has 0 N–H and O–H groups in total. The fraction of sp³-hybridized carbons (Fsp3) is 0.333. The maximum atomic E-state index is 13.3. The minimum Gasteiger partial charge on any atom is -0.326 e. The Labute approximate surface area is 187 Å². The van der Waals surface area contributed by atoms with E-state index >= 15 is 0 Å². The number of nitrogens with zero attached hydrogens (tertiary/aromatic N) is 3. The molecule has 0 spiro atoms. The normalized spacial score (nSPS) is 16.4. The molecule has 1 unspecified atom stereocenters. The highest BCUT2D eigenvalue weighted by Gasteiger charge is 2.44. The van der Waals surface area contributed by atoms with Crippen LogP contribution in [0.1, 0.15) is 44.7 Å². The van der Waals surface area contributed by atoms with E-state index in [4.69, 9.17) is 16.9 Å². The van der Waals surface area contributed by atoms with Crippen molar-refractivity contribution >= 4 is 35.0 Å². The second-order valence-corrected chi connectivity index (χ2v) is 9.20. The van der Waals surface area contributed by atoms with Crippen molar-refractivity contribution in [1.29, 1.82) is 5.26 Å². The van der Waals surface area contributed by atoms with Gasteiger partial charge in [-0.25, -0.2) is 4.90 Å². The van der Waals surface area contributed by atoms with Gasteiger partial charge in [-0.15, -0.1) is 0 Å². The van der Waals surface area contributed by atoms with Gasteiger partial charge in [0, 0.05) is 18.0 Å². The van der Waals surface area contributed by atoms with Crippen LogP contribution < -0.4 is 4.90 Å². The summed E-state index contributed by atoms with van der Waals surface area (Å²) in [5.41, 5.74) is 1.25. The van der Waals surface area contributed by atoms with Gasteiger partial charge in [0.15, 0.2) is 0 Å². The summed E-state index contributed by atoms with van der Waals surface area (Å²) in [5.74, 6) is -1.04. The van der Waals surface area contributed by atoms with Gasteiger partial charge >= 0.3 is 0 Å². The van der Waals surface area contributed by atoms with Crippen LogP contribution in [0.2, 0.25) is 5.02 Å². The van der Waals surface area contributed by atoms with Crippen LogP contribution in [0.4, 0.5) is 5.69 Å². The van der Waals surface area contributed by atoms with Crippen molar-refractivity contribution in [2.45, 2.75) is 46.2 Å². The average molecular weight is 438 g/mol. The van der Waals surface area contributed by atoms with Gasteiger partial charge in [-0.3, -0.25) is 14.4 Å². The first-order valence-electron chi connectivity index (χ1n) is 10.0. The molecule has 1 aliphatic rings. The second-order valence-electron chi connectivity index (χ2n) is 8.80. The zero-order chi connectivity index (χ0) is 22.8. The highest BCUT2D eigenvalue weighted by atomic mass is 35.5. The molecule has 3 rings (SSSR count). The van der Waals surface area contributed by atoms with E-state index in [0.717, 1.165) is 4.90 Å². The first-order chi connectivity index (χ1) is 14.6. The number of carbonyl (C=O) groups is 3. The lowest BCUT2D eigenvalue weighted by atomic mass is 9.91. The van der Waals surface area contributed by atoms with Crippen LogP contribution in [0.3, 0.4) is 0 Å². The molecule has 2 aromatic rings. The average Bonchev–Trinajstić information content (AvgIpc) is 3.00. The molecule has 0 aromatic heterocycles. The van der Waals surface area contributed by atoms with E-state index in [1.165, 1.54) is 4.90 Å². The van der Waals surface area contributed by atoms with E-state index in [1.807, 2.05) is 32.9 Å². The fourth-order valence-electron chi connectivity index (χ4n) is 3.55. The van der Waals surface area contributed by atoms with Crippen LogP contribution >= 0.6 is 11.6 Å². The molecular formula is C24H24ClN3O3. The number of nitriles is 1. The molecule has 31 heavy (non-hydrogen) atoms. The predicted molar refractivity (Wildman–Crippen MR) is 118 cm³/mol. The molecule has 0 bridgehead atoms. The molecule has 1 fully saturated rings. The molecule has 1 heterocycles. The van der Waals surface area contributed by atoms with Crippen LogP contribution in [0.5, 0.6) is 0 Å². The quantitative estimate of drug-likeness (QED) is 0.652. The summed E-state index contributed by atoms with van der Waals surface area (Å²) in [4.78, 5) is 41.8. The standard InChI is InChI=1S/C24H24ClN3O3/c1-24(2,3)13-22(30)27(15-17-6-4-5-7-19(17)25)20-12-21(29)28(23(20)31)18-10-8-16(14-26)9-11-18/h4-11,20H,12-13,15H2,1-3H3. The van der Waals surface area contributed by atoms with E-state index in [-0.39, 0.29) is 36.6 Å². The summed E-state index contributed by atoms with van der Waals surface area (Å²) in [7, 11) is 0. The zero-order valence-corrected chi connectivity index (χ0v) is 18.5. The smallest absolute Gasteiger partial charge is 0.257 e. The molecule has 1 aliphatic heterocycles. The van der Waals surface area contributed by atoms with Crippen molar-refractivity contribution < 1.29 is 14.4 Å². The third kappa shape index (κ3) is 5.12. The highest BCUT2D eigenvalue weighted by molar-refractivity contribution is 6.31. The van der Waals surface area contributed by atoms with E-state index in [0.29, 0.717) is 21.8 Å². The number of benzene rings is 2. The summed E-state index contributed by atoms with van der Waals surface area (Å²) >= 11 is 6.30. The number of anilines is 1. The van der Waals surface area contributed by atoms with Gasteiger partial charge in [-0.2, -0.15) is 5.26 Å². The predicted octanol–water partition coefficient (Wildman–Crippen LogP) is 4.31. The second kappa shape index (κ2) is 8.91. The molecule has 1 saturated heterocycles. The zero-order valence-electron chi connectivity index (χ0n) is 17.8.